The highest BCUT2D eigenvalue weighted by Gasteiger charge is 2.30. The third kappa shape index (κ3) is 4.50. The number of alkyl halides is 3. The van der Waals surface area contributed by atoms with Crippen LogP contribution in [0.2, 0.25) is 0 Å². The number of rotatable bonds is 5. The van der Waals surface area contributed by atoms with Crippen molar-refractivity contribution in [3.63, 3.8) is 0 Å². The standard InChI is InChI=1S/C25H19F3N4O2/c1-15-14-29-21-11-3-2-10-20(21)22(15)33-19-9-4-6-16(12-19)23-31-32-24(34-23)30-18-8-5-7-17(13-18)25(26,27)28/h2-13,15H,14H2,1H3,(H,30,32). The van der Waals surface area contributed by atoms with Gasteiger partial charge in [-0.3, -0.25) is 4.99 Å². The van der Waals surface area contributed by atoms with Gasteiger partial charge in [0, 0.05) is 28.9 Å². The summed E-state index contributed by atoms with van der Waals surface area (Å²) in [6, 6.07) is 19.8. The molecular weight excluding hydrogens is 445 g/mol. The zero-order valence-corrected chi connectivity index (χ0v) is 18.0. The summed E-state index contributed by atoms with van der Waals surface area (Å²) in [4.78, 5) is 4.58. The molecule has 0 radical (unpaired) electrons. The lowest BCUT2D eigenvalue weighted by molar-refractivity contribution is -0.137. The Morgan fingerprint density at radius 1 is 0.971 bits per heavy atom. The smallest absolute Gasteiger partial charge is 0.416 e. The van der Waals surface area contributed by atoms with Crippen molar-refractivity contribution in [3.8, 4) is 17.2 Å². The Kier molecular flexibility index (Phi) is 5.53. The van der Waals surface area contributed by atoms with Crippen LogP contribution in [-0.2, 0) is 6.18 Å². The van der Waals surface area contributed by atoms with E-state index in [4.69, 9.17) is 9.15 Å². The Bertz CT molecular complexity index is 1460. The van der Waals surface area contributed by atoms with Crippen molar-refractivity contribution in [1.82, 2.24) is 10.2 Å². The van der Waals surface area contributed by atoms with Gasteiger partial charge >= 0.3 is 12.2 Å². The Labute approximate surface area is 192 Å². The van der Waals surface area contributed by atoms with Gasteiger partial charge in [0.1, 0.15) is 11.5 Å². The Hall–Kier alpha value is -4.14. The van der Waals surface area contributed by atoms with Crippen molar-refractivity contribution >= 4 is 17.5 Å². The summed E-state index contributed by atoms with van der Waals surface area (Å²) in [6.45, 7) is 2.70. The molecule has 4 aromatic rings. The number of para-hydroxylation sites is 1. The lowest BCUT2D eigenvalue weighted by Gasteiger charge is -2.19. The number of benzene rings is 3. The molecule has 34 heavy (non-hydrogen) atoms. The largest absolute Gasteiger partial charge is 0.461 e. The van der Waals surface area contributed by atoms with Crippen LogP contribution in [-0.4, -0.2) is 16.7 Å². The van der Waals surface area contributed by atoms with Gasteiger partial charge in [-0.25, -0.2) is 0 Å². The maximum Gasteiger partial charge on any atom is 0.416 e. The minimum Gasteiger partial charge on any atom is -0.461 e. The van der Waals surface area contributed by atoms with Gasteiger partial charge in [-0.1, -0.05) is 36.3 Å². The van der Waals surface area contributed by atoms with E-state index in [1.165, 1.54) is 12.1 Å². The molecule has 1 atom stereocenters. The van der Waals surface area contributed by atoms with E-state index in [2.05, 4.69) is 27.4 Å². The number of anilines is 2. The molecule has 2 heterocycles. The summed E-state index contributed by atoms with van der Waals surface area (Å²) in [6.07, 6.45) is -4.44. The van der Waals surface area contributed by atoms with Crippen molar-refractivity contribution in [3.05, 3.63) is 88.9 Å². The summed E-state index contributed by atoms with van der Waals surface area (Å²) in [5.74, 6) is 1.75. The summed E-state index contributed by atoms with van der Waals surface area (Å²) < 4.78 is 50.7. The van der Waals surface area contributed by atoms with Crippen LogP contribution in [0, 0.1) is 5.92 Å². The van der Waals surface area contributed by atoms with Crippen molar-refractivity contribution in [2.24, 2.45) is 10.9 Å². The van der Waals surface area contributed by atoms with Crippen LogP contribution < -0.4 is 20.6 Å². The van der Waals surface area contributed by atoms with Crippen LogP contribution in [0.15, 0.2) is 82.2 Å². The quantitative estimate of drug-likeness (QED) is 0.452. The normalized spacial score (nSPS) is 15.4. The van der Waals surface area contributed by atoms with E-state index in [1.54, 1.807) is 18.2 Å². The zero-order valence-electron chi connectivity index (χ0n) is 18.0. The van der Waals surface area contributed by atoms with E-state index < -0.39 is 11.7 Å². The highest BCUT2D eigenvalue weighted by atomic mass is 19.4. The summed E-state index contributed by atoms with van der Waals surface area (Å²) >= 11 is 0. The number of hydrogen-bond donors (Lipinski definition) is 1. The molecule has 3 aromatic carbocycles. The highest BCUT2D eigenvalue weighted by Crippen LogP contribution is 2.32. The molecule has 0 saturated heterocycles. The first kappa shape index (κ1) is 21.7. The minimum absolute atomic E-state index is 0.0218. The van der Waals surface area contributed by atoms with Crippen molar-refractivity contribution in [1.29, 1.82) is 0 Å². The second-order valence-electron chi connectivity index (χ2n) is 7.87. The maximum absolute atomic E-state index is 12.9. The predicted molar refractivity (Wildman–Crippen MR) is 120 cm³/mol. The van der Waals surface area contributed by atoms with Gasteiger partial charge in [0.25, 0.3) is 0 Å². The number of nitrogens with zero attached hydrogens (tertiary/aromatic N) is 3. The second kappa shape index (κ2) is 8.66. The van der Waals surface area contributed by atoms with E-state index in [-0.39, 0.29) is 23.5 Å². The first-order valence-electron chi connectivity index (χ1n) is 10.6. The van der Waals surface area contributed by atoms with Gasteiger partial charge in [0.15, 0.2) is 0 Å². The number of fused-ring (bicyclic) bond motifs is 1. The number of aromatic nitrogens is 2. The van der Waals surface area contributed by atoms with Gasteiger partial charge in [-0.05, 0) is 48.5 Å². The van der Waals surface area contributed by atoms with Crippen LogP contribution in [0.5, 0.6) is 5.75 Å². The van der Waals surface area contributed by atoms with Crippen LogP contribution in [0.3, 0.4) is 0 Å². The second-order valence-corrected chi connectivity index (χ2v) is 7.87. The van der Waals surface area contributed by atoms with Crippen molar-refractivity contribution < 1.29 is 22.3 Å². The SMILES string of the molecule is CC1CN=c2ccccc2=C1Oc1cccc(-c2nnc(Nc3cccc(C(F)(F)F)c3)o2)c1. The molecule has 6 nitrogen and oxygen atoms in total. The molecule has 0 bridgehead atoms. The molecule has 1 aliphatic rings. The van der Waals surface area contributed by atoms with Crippen LogP contribution in [0.4, 0.5) is 24.9 Å². The monoisotopic (exact) mass is 464 g/mol. The fourth-order valence-corrected chi connectivity index (χ4v) is 3.67. The molecule has 0 saturated carbocycles. The molecule has 0 spiro atoms. The lowest BCUT2D eigenvalue weighted by Crippen LogP contribution is -2.35. The fourth-order valence-electron chi connectivity index (χ4n) is 3.67. The van der Waals surface area contributed by atoms with Gasteiger partial charge in [-0.15, -0.1) is 5.10 Å². The van der Waals surface area contributed by atoms with Crippen molar-refractivity contribution in [2.45, 2.75) is 13.1 Å². The molecule has 1 unspecified atom stereocenters. The van der Waals surface area contributed by atoms with Crippen molar-refractivity contribution in [2.75, 3.05) is 11.9 Å². The summed E-state index contributed by atoms with van der Waals surface area (Å²) in [5, 5.41) is 12.5. The third-order valence-electron chi connectivity index (χ3n) is 5.33. The Morgan fingerprint density at radius 3 is 2.65 bits per heavy atom. The molecule has 172 valence electrons. The first-order chi connectivity index (χ1) is 16.4. The highest BCUT2D eigenvalue weighted by molar-refractivity contribution is 5.59. The summed E-state index contributed by atoms with van der Waals surface area (Å²) in [7, 11) is 0. The Morgan fingerprint density at radius 2 is 1.79 bits per heavy atom. The fraction of sp³-hybridized carbons (Fsp3) is 0.160. The molecule has 1 aromatic heterocycles. The molecular formula is C25H19F3N4O2. The van der Waals surface area contributed by atoms with E-state index in [1.807, 2.05) is 30.3 Å². The van der Waals surface area contributed by atoms with E-state index in [0.29, 0.717) is 17.9 Å². The van der Waals surface area contributed by atoms with Crippen LogP contribution in [0.1, 0.15) is 12.5 Å². The average molecular weight is 464 g/mol. The van der Waals surface area contributed by atoms with E-state index in [0.717, 1.165) is 28.5 Å². The molecule has 0 amide bonds. The topological polar surface area (TPSA) is 72.5 Å². The number of halogens is 3. The van der Waals surface area contributed by atoms with Gasteiger partial charge in [0.05, 0.1) is 10.9 Å². The first-order valence-corrected chi connectivity index (χ1v) is 10.6. The number of nitrogens with one attached hydrogen (secondary N) is 1. The third-order valence-corrected chi connectivity index (χ3v) is 5.33. The molecule has 0 aliphatic carbocycles. The molecule has 1 N–H and O–H groups in total. The number of ether oxygens (including phenoxy) is 1. The predicted octanol–water partition coefficient (Wildman–Crippen LogP) is 4.96. The Balaban J connectivity index is 1.39. The van der Waals surface area contributed by atoms with E-state index in [9.17, 15) is 13.2 Å². The van der Waals surface area contributed by atoms with Gasteiger partial charge in [-0.2, -0.15) is 13.2 Å². The minimum atomic E-state index is -4.44. The molecule has 5 rings (SSSR count). The van der Waals surface area contributed by atoms with E-state index >= 15 is 0 Å². The van der Waals surface area contributed by atoms with Gasteiger partial charge in [0.2, 0.25) is 5.89 Å². The maximum atomic E-state index is 12.9. The van der Waals surface area contributed by atoms with Crippen LogP contribution in [0.25, 0.3) is 17.2 Å². The lowest BCUT2D eigenvalue weighted by atomic mass is 10.0. The van der Waals surface area contributed by atoms with Gasteiger partial charge < -0.3 is 14.5 Å². The zero-order chi connectivity index (χ0) is 23.7. The number of hydrogen-bond acceptors (Lipinski definition) is 6. The summed E-state index contributed by atoms with van der Waals surface area (Å²) in [5.41, 5.74) is 0.0314. The molecule has 1 aliphatic heterocycles. The molecule has 9 heteroatoms. The molecule has 0 fully saturated rings. The average Bonchev–Trinajstić information content (AvgIpc) is 3.29. The van der Waals surface area contributed by atoms with Crippen LogP contribution >= 0.6 is 0 Å².